The van der Waals surface area contributed by atoms with Gasteiger partial charge in [0, 0.05) is 24.2 Å². The molecule has 2 heterocycles. The van der Waals surface area contributed by atoms with Crippen molar-refractivity contribution in [3.8, 4) is 0 Å². The minimum absolute atomic E-state index is 0.0674. The summed E-state index contributed by atoms with van der Waals surface area (Å²) in [6, 6.07) is 9.84. The fourth-order valence-corrected chi connectivity index (χ4v) is 2.70. The van der Waals surface area contributed by atoms with E-state index in [1.807, 2.05) is 37.3 Å². The predicted octanol–water partition coefficient (Wildman–Crippen LogP) is 1.69. The molecule has 1 aromatic heterocycles. The van der Waals surface area contributed by atoms with E-state index in [0.717, 1.165) is 29.6 Å². The van der Waals surface area contributed by atoms with E-state index < -0.39 is 5.60 Å². The Labute approximate surface area is 112 Å². The number of hydrogen-bond donors (Lipinski definition) is 2. The van der Waals surface area contributed by atoms with Crippen LogP contribution in [-0.4, -0.2) is 33.9 Å². The molecule has 1 aliphatic heterocycles. The molecule has 1 unspecified atom stereocenters. The number of benzene rings is 1. The lowest BCUT2D eigenvalue weighted by molar-refractivity contribution is 0.0839. The maximum Gasteiger partial charge on any atom is 0.0854 e. The summed E-state index contributed by atoms with van der Waals surface area (Å²) in [5, 5.41) is 20.5. The van der Waals surface area contributed by atoms with Crippen LogP contribution in [0.3, 0.4) is 0 Å². The van der Waals surface area contributed by atoms with Gasteiger partial charge in [0.1, 0.15) is 0 Å². The van der Waals surface area contributed by atoms with E-state index in [1.54, 1.807) is 0 Å². The molecule has 2 aromatic rings. The average molecular weight is 258 g/mol. The highest BCUT2D eigenvalue weighted by molar-refractivity contribution is 5.92. The van der Waals surface area contributed by atoms with Gasteiger partial charge in [0.25, 0.3) is 0 Å². The van der Waals surface area contributed by atoms with Gasteiger partial charge in [0.05, 0.1) is 23.4 Å². The normalized spacial score (nSPS) is 23.2. The van der Waals surface area contributed by atoms with Gasteiger partial charge in [-0.05, 0) is 25.5 Å². The van der Waals surface area contributed by atoms with Crippen LogP contribution in [0.2, 0.25) is 0 Å². The van der Waals surface area contributed by atoms with Gasteiger partial charge in [-0.2, -0.15) is 0 Å². The molecule has 0 radical (unpaired) electrons. The Bertz CT molecular complexity index is 610. The predicted molar refractivity (Wildman–Crippen MR) is 75.1 cm³/mol. The maximum atomic E-state index is 10.1. The molecular formula is C15H18N2O2. The first kappa shape index (κ1) is 12.4. The Kier molecular flexibility index (Phi) is 2.92. The van der Waals surface area contributed by atoms with Crippen molar-refractivity contribution in [2.45, 2.75) is 25.6 Å². The number of para-hydroxylation sites is 1. The summed E-state index contributed by atoms with van der Waals surface area (Å²) in [6.07, 6.45) is 0.762. The Balaban J connectivity index is 2.11. The van der Waals surface area contributed by atoms with Crippen LogP contribution in [0.15, 0.2) is 30.3 Å². The molecule has 19 heavy (non-hydrogen) atoms. The summed E-state index contributed by atoms with van der Waals surface area (Å²) in [4.78, 5) is 6.59. The lowest BCUT2D eigenvalue weighted by atomic mass is 10.1. The fourth-order valence-electron chi connectivity index (χ4n) is 2.70. The first-order valence-electron chi connectivity index (χ1n) is 6.56. The highest BCUT2D eigenvalue weighted by Crippen LogP contribution is 2.32. The van der Waals surface area contributed by atoms with Crippen LogP contribution in [0.4, 0.5) is 5.69 Å². The Hall–Kier alpha value is -1.65. The third-order valence-electron chi connectivity index (χ3n) is 3.70. The average Bonchev–Trinajstić information content (AvgIpc) is 2.77. The number of β-amino-alcohol motifs (C(OH)–C–C–N with tert-alkyl or cyclic N) is 1. The van der Waals surface area contributed by atoms with Gasteiger partial charge in [-0.25, -0.2) is 0 Å². The molecule has 1 atom stereocenters. The molecule has 1 aliphatic rings. The van der Waals surface area contributed by atoms with Crippen molar-refractivity contribution in [1.29, 1.82) is 0 Å². The van der Waals surface area contributed by atoms with E-state index in [0.29, 0.717) is 12.2 Å². The summed E-state index contributed by atoms with van der Waals surface area (Å²) in [6.45, 7) is 3.24. The minimum Gasteiger partial charge on any atom is -0.390 e. The van der Waals surface area contributed by atoms with Crippen molar-refractivity contribution in [3.05, 3.63) is 36.0 Å². The number of aromatic nitrogens is 1. The van der Waals surface area contributed by atoms with Gasteiger partial charge in [-0.1, -0.05) is 18.2 Å². The van der Waals surface area contributed by atoms with Crippen molar-refractivity contribution in [2.24, 2.45) is 0 Å². The summed E-state index contributed by atoms with van der Waals surface area (Å²) in [5.41, 5.74) is 1.97. The number of rotatable bonds is 2. The highest BCUT2D eigenvalue weighted by atomic mass is 16.3. The van der Waals surface area contributed by atoms with Gasteiger partial charge in [0.2, 0.25) is 0 Å². The lowest BCUT2D eigenvalue weighted by Crippen LogP contribution is -2.29. The fraction of sp³-hybridized carbons (Fsp3) is 0.400. The molecule has 2 N–H and O–H groups in total. The molecular weight excluding hydrogens is 240 g/mol. The first-order valence-corrected chi connectivity index (χ1v) is 6.56. The van der Waals surface area contributed by atoms with E-state index in [4.69, 9.17) is 0 Å². The van der Waals surface area contributed by atoms with E-state index in [-0.39, 0.29) is 6.61 Å². The van der Waals surface area contributed by atoms with Crippen LogP contribution in [0.5, 0.6) is 0 Å². The third kappa shape index (κ3) is 2.29. The largest absolute Gasteiger partial charge is 0.390 e. The molecule has 0 bridgehead atoms. The van der Waals surface area contributed by atoms with Crippen molar-refractivity contribution in [3.63, 3.8) is 0 Å². The first-order chi connectivity index (χ1) is 9.09. The molecule has 0 amide bonds. The molecule has 1 aromatic carbocycles. The van der Waals surface area contributed by atoms with Gasteiger partial charge in [-0.3, -0.25) is 4.98 Å². The second-order valence-electron chi connectivity index (χ2n) is 5.48. The van der Waals surface area contributed by atoms with Crippen molar-refractivity contribution in [2.75, 3.05) is 18.0 Å². The smallest absolute Gasteiger partial charge is 0.0854 e. The summed E-state index contributed by atoms with van der Waals surface area (Å²) >= 11 is 0. The SMILES string of the molecule is CC1(O)CCN(c2cc(CO)nc3ccccc23)C1. The lowest BCUT2D eigenvalue weighted by Gasteiger charge is -2.22. The monoisotopic (exact) mass is 258 g/mol. The Morgan fingerprint density at radius 3 is 2.84 bits per heavy atom. The van der Waals surface area contributed by atoms with Gasteiger partial charge < -0.3 is 15.1 Å². The summed E-state index contributed by atoms with van der Waals surface area (Å²) in [7, 11) is 0. The number of aliphatic hydroxyl groups is 2. The standard InChI is InChI=1S/C15H18N2O2/c1-15(19)6-7-17(10-15)14-8-11(9-18)16-13-5-3-2-4-12(13)14/h2-5,8,18-19H,6-7,9-10H2,1H3. The Morgan fingerprint density at radius 2 is 2.16 bits per heavy atom. The zero-order valence-corrected chi connectivity index (χ0v) is 11.0. The number of anilines is 1. The minimum atomic E-state index is -0.635. The van der Waals surface area contributed by atoms with Gasteiger partial charge in [0.15, 0.2) is 0 Å². The zero-order chi connectivity index (χ0) is 13.5. The van der Waals surface area contributed by atoms with Crippen molar-refractivity contribution in [1.82, 2.24) is 4.98 Å². The summed E-state index contributed by atoms with van der Waals surface area (Å²) < 4.78 is 0. The van der Waals surface area contributed by atoms with Crippen LogP contribution in [0.1, 0.15) is 19.0 Å². The second kappa shape index (κ2) is 4.47. The molecule has 1 fully saturated rings. The Morgan fingerprint density at radius 1 is 1.37 bits per heavy atom. The van der Waals surface area contributed by atoms with E-state index in [9.17, 15) is 10.2 Å². The van der Waals surface area contributed by atoms with E-state index >= 15 is 0 Å². The van der Waals surface area contributed by atoms with Gasteiger partial charge >= 0.3 is 0 Å². The number of aliphatic hydroxyl groups excluding tert-OH is 1. The van der Waals surface area contributed by atoms with Crippen molar-refractivity contribution < 1.29 is 10.2 Å². The number of nitrogens with zero attached hydrogens (tertiary/aromatic N) is 2. The molecule has 100 valence electrons. The maximum absolute atomic E-state index is 10.1. The molecule has 0 spiro atoms. The molecule has 4 heteroatoms. The molecule has 1 saturated heterocycles. The van der Waals surface area contributed by atoms with Crippen LogP contribution in [0, 0.1) is 0 Å². The van der Waals surface area contributed by atoms with Crippen molar-refractivity contribution >= 4 is 16.6 Å². The molecule has 4 nitrogen and oxygen atoms in total. The molecule has 0 saturated carbocycles. The van der Waals surface area contributed by atoms with Crippen LogP contribution >= 0.6 is 0 Å². The van der Waals surface area contributed by atoms with E-state index in [2.05, 4.69) is 9.88 Å². The zero-order valence-electron chi connectivity index (χ0n) is 11.0. The number of pyridine rings is 1. The number of hydrogen-bond acceptors (Lipinski definition) is 4. The van der Waals surface area contributed by atoms with E-state index in [1.165, 1.54) is 0 Å². The molecule has 0 aliphatic carbocycles. The van der Waals surface area contributed by atoms with Gasteiger partial charge in [-0.15, -0.1) is 0 Å². The van der Waals surface area contributed by atoms with Crippen LogP contribution in [0.25, 0.3) is 10.9 Å². The number of fused-ring (bicyclic) bond motifs is 1. The van der Waals surface area contributed by atoms with Crippen LogP contribution in [-0.2, 0) is 6.61 Å². The third-order valence-corrected chi connectivity index (χ3v) is 3.70. The highest BCUT2D eigenvalue weighted by Gasteiger charge is 2.32. The quantitative estimate of drug-likeness (QED) is 0.860. The second-order valence-corrected chi connectivity index (χ2v) is 5.48. The topological polar surface area (TPSA) is 56.6 Å². The molecule has 3 rings (SSSR count). The summed E-state index contributed by atoms with van der Waals surface area (Å²) in [5.74, 6) is 0. The van der Waals surface area contributed by atoms with Crippen LogP contribution < -0.4 is 4.90 Å².